The summed E-state index contributed by atoms with van der Waals surface area (Å²) in [6, 6.07) is 14.7. The van der Waals surface area contributed by atoms with Gasteiger partial charge < -0.3 is 10.5 Å². The summed E-state index contributed by atoms with van der Waals surface area (Å²) in [4.78, 5) is 4.63. The lowest BCUT2D eigenvalue weighted by Crippen LogP contribution is -2.01. The van der Waals surface area contributed by atoms with Gasteiger partial charge in [0.2, 0.25) is 0 Å². The molecule has 2 aromatic carbocycles. The maximum absolute atomic E-state index is 14.3. The van der Waals surface area contributed by atoms with Crippen LogP contribution in [0.15, 0.2) is 48.5 Å². The van der Waals surface area contributed by atoms with Gasteiger partial charge >= 0.3 is 0 Å². The van der Waals surface area contributed by atoms with Gasteiger partial charge in [0.15, 0.2) is 11.6 Å². The number of fused-ring (bicyclic) bond motifs is 1. The number of anilines is 1. The van der Waals surface area contributed by atoms with Crippen LogP contribution in [0.3, 0.4) is 0 Å². The molecule has 26 heavy (non-hydrogen) atoms. The maximum Gasteiger partial charge on any atom is 0.165 e. The summed E-state index contributed by atoms with van der Waals surface area (Å²) >= 11 is 0. The van der Waals surface area contributed by atoms with Gasteiger partial charge in [-0.1, -0.05) is 50.5 Å². The first-order chi connectivity index (χ1) is 12.7. The van der Waals surface area contributed by atoms with Crippen molar-refractivity contribution in [3.05, 3.63) is 65.6 Å². The number of pyridine rings is 1. The molecule has 0 amide bonds. The monoisotopic (exact) mass is 352 g/mol. The van der Waals surface area contributed by atoms with Gasteiger partial charge in [0.1, 0.15) is 0 Å². The molecule has 3 rings (SSSR count). The Morgan fingerprint density at radius 2 is 1.88 bits per heavy atom. The second-order valence-electron chi connectivity index (χ2n) is 6.57. The van der Waals surface area contributed by atoms with Gasteiger partial charge in [0.05, 0.1) is 12.1 Å². The average molecular weight is 352 g/mol. The first-order valence-electron chi connectivity index (χ1n) is 9.22. The van der Waals surface area contributed by atoms with Crippen molar-refractivity contribution in [1.82, 2.24) is 4.98 Å². The van der Waals surface area contributed by atoms with E-state index in [-0.39, 0.29) is 5.82 Å². The highest BCUT2D eigenvalue weighted by atomic mass is 19.1. The third kappa shape index (κ3) is 4.51. The molecule has 0 saturated carbocycles. The molecule has 0 atom stereocenters. The zero-order chi connectivity index (χ0) is 18.4. The van der Waals surface area contributed by atoms with Crippen molar-refractivity contribution in [3.8, 4) is 5.75 Å². The molecule has 3 aromatic rings. The van der Waals surface area contributed by atoms with E-state index in [1.807, 2.05) is 36.4 Å². The molecule has 0 aliphatic rings. The van der Waals surface area contributed by atoms with Crippen LogP contribution in [0.4, 0.5) is 10.1 Å². The fourth-order valence-electron chi connectivity index (χ4n) is 3.04. The van der Waals surface area contributed by atoms with Gasteiger partial charge in [-0.15, -0.1) is 0 Å². The number of nitrogens with two attached hydrogens (primary N) is 1. The van der Waals surface area contributed by atoms with E-state index in [1.54, 1.807) is 6.07 Å². The number of nitrogen functional groups attached to an aromatic ring is 1. The smallest absolute Gasteiger partial charge is 0.165 e. The number of hydrogen-bond donors (Lipinski definition) is 1. The van der Waals surface area contributed by atoms with E-state index in [9.17, 15) is 4.39 Å². The van der Waals surface area contributed by atoms with Crippen molar-refractivity contribution in [3.63, 3.8) is 0 Å². The zero-order valence-corrected chi connectivity index (χ0v) is 15.2. The number of unbranched alkanes of at least 4 members (excludes halogenated alkanes) is 3. The molecule has 2 N–H and O–H groups in total. The van der Waals surface area contributed by atoms with Crippen LogP contribution in [0.2, 0.25) is 0 Å². The molecular weight excluding hydrogens is 327 g/mol. The largest absolute Gasteiger partial charge is 0.491 e. The SMILES string of the molecule is CCCCCCOc1ccc(Cc2cc(N)c3ccccc3n2)cc1F. The van der Waals surface area contributed by atoms with Gasteiger partial charge in [-0.05, 0) is 36.2 Å². The van der Waals surface area contributed by atoms with Gasteiger partial charge in [0, 0.05) is 23.2 Å². The van der Waals surface area contributed by atoms with E-state index in [0.29, 0.717) is 24.5 Å². The first kappa shape index (κ1) is 18.2. The van der Waals surface area contributed by atoms with E-state index in [1.165, 1.54) is 18.9 Å². The van der Waals surface area contributed by atoms with Crippen molar-refractivity contribution < 1.29 is 9.13 Å². The van der Waals surface area contributed by atoms with E-state index >= 15 is 0 Å². The number of nitrogens with zero attached hydrogens (tertiary/aromatic N) is 1. The molecule has 3 nitrogen and oxygen atoms in total. The summed E-state index contributed by atoms with van der Waals surface area (Å²) in [5.41, 5.74) is 9.35. The summed E-state index contributed by atoms with van der Waals surface area (Å²) in [7, 11) is 0. The molecule has 1 heterocycles. The second-order valence-corrected chi connectivity index (χ2v) is 6.57. The number of halogens is 1. The summed E-state index contributed by atoms with van der Waals surface area (Å²) < 4.78 is 19.8. The number of para-hydroxylation sites is 1. The van der Waals surface area contributed by atoms with Crippen LogP contribution in [0.5, 0.6) is 5.75 Å². The molecule has 0 bridgehead atoms. The molecule has 0 spiro atoms. The van der Waals surface area contributed by atoms with E-state index in [2.05, 4.69) is 11.9 Å². The van der Waals surface area contributed by atoms with Gasteiger partial charge in [0.25, 0.3) is 0 Å². The molecular formula is C22H25FN2O. The maximum atomic E-state index is 14.3. The minimum absolute atomic E-state index is 0.316. The predicted molar refractivity (Wildman–Crippen MR) is 105 cm³/mol. The van der Waals surface area contributed by atoms with Crippen LogP contribution in [-0.2, 0) is 6.42 Å². The minimum Gasteiger partial charge on any atom is -0.491 e. The highest BCUT2D eigenvalue weighted by Crippen LogP contribution is 2.24. The third-order valence-corrected chi connectivity index (χ3v) is 4.44. The molecule has 0 aliphatic heterocycles. The third-order valence-electron chi connectivity index (χ3n) is 4.44. The van der Waals surface area contributed by atoms with Gasteiger partial charge in [-0.2, -0.15) is 0 Å². The Hall–Kier alpha value is -2.62. The highest BCUT2D eigenvalue weighted by Gasteiger charge is 2.08. The quantitative estimate of drug-likeness (QED) is 0.544. The van der Waals surface area contributed by atoms with E-state index in [0.717, 1.165) is 35.0 Å². The lowest BCUT2D eigenvalue weighted by Gasteiger charge is -2.10. The number of rotatable bonds is 8. The Balaban J connectivity index is 1.68. The molecule has 0 unspecified atom stereocenters. The highest BCUT2D eigenvalue weighted by molar-refractivity contribution is 5.90. The van der Waals surface area contributed by atoms with Crippen LogP contribution in [0, 0.1) is 5.82 Å². The van der Waals surface area contributed by atoms with Crippen molar-refractivity contribution in [2.24, 2.45) is 0 Å². The summed E-state index contributed by atoms with van der Waals surface area (Å²) in [6.45, 7) is 2.72. The lowest BCUT2D eigenvalue weighted by atomic mass is 10.1. The zero-order valence-electron chi connectivity index (χ0n) is 15.2. The van der Waals surface area contributed by atoms with Crippen molar-refractivity contribution >= 4 is 16.6 Å². The molecule has 136 valence electrons. The van der Waals surface area contributed by atoms with Crippen LogP contribution in [0.25, 0.3) is 10.9 Å². The number of ether oxygens (including phenoxy) is 1. The van der Waals surface area contributed by atoms with Crippen LogP contribution >= 0.6 is 0 Å². The fourth-order valence-corrected chi connectivity index (χ4v) is 3.04. The second kappa shape index (κ2) is 8.65. The van der Waals surface area contributed by atoms with Crippen molar-refractivity contribution in [2.75, 3.05) is 12.3 Å². The predicted octanol–water partition coefficient (Wildman–Crippen LogP) is 5.51. The van der Waals surface area contributed by atoms with Gasteiger partial charge in [-0.3, -0.25) is 4.98 Å². The molecule has 0 saturated heterocycles. The normalized spacial score (nSPS) is 11.0. The van der Waals surface area contributed by atoms with Crippen LogP contribution < -0.4 is 10.5 Å². The Labute approximate surface area is 154 Å². The number of benzene rings is 2. The average Bonchev–Trinajstić information content (AvgIpc) is 2.63. The summed E-state index contributed by atoms with van der Waals surface area (Å²) in [5, 5.41) is 0.939. The molecule has 0 radical (unpaired) electrons. The van der Waals surface area contributed by atoms with Crippen molar-refractivity contribution in [2.45, 2.75) is 39.0 Å². The van der Waals surface area contributed by atoms with Gasteiger partial charge in [-0.25, -0.2) is 4.39 Å². The van der Waals surface area contributed by atoms with Crippen LogP contribution in [-0.4, -0.2) is 11.6 Å². The Kier molecular flexibility index (Phi) is 6.05. The summed E-state index contributed by atoms with van der Waals surface area (Å²) in [6.07, 6.45) is 4.96. The van der Waals surface area contributed by atoms with Crippen LogP contribution in [0.1, 0.15) is 43.9 Å². The van der Waals surface area contributed by atoms with E-state index < -0.39 is 0 Å². The molecule has 4 heteroatoms. The number of hydrogen-bond acceptors (Lipinski definition) is 3. The number of aromatic nitrogens is 1. The Morgan fingerprint density at radius 3 is 2.69 bits per heavy atom. The Bertz CT molecular complexity index is 879. The Morgan fingerprint density at radius 1 is 1.04 bits per heavy atom. The summed E-state index contributed by atoms with van der Waals surface area (Å²) in [5.74, 6) is -0.0111. The fraction of sp³-hybridized carbons (Fsp3) is 0.318. The van der Waals surface area contributed by atoms with Crippen molar-refractivity contribution in [1.29, 1.82) is 0 Å². The van der Waals surface area contributed by atoms with E-state index in [4.69, 9.17) is 10.5 Å². The lowest BCUT2D eigenvalue weighted by molar-refractivity contribution is 0.290. The first-order valence-corrected chi connectivity index (χ1v) is 9.22. The molecule has 0 fully saturated rings. The molecule has 0 aliphatic carbocycles. The standard InChI is InChI=1S/C22H25FN2O/c1-2-3-4-7-12-26-22-11-10-16(14-19(22)23)13-17-15-20(24)18-8-5-6-9-21(18)25-17/h5-6,8-11,14-15H,2-4,7,12-13H2,1H3,(H2,24,25). The topological polar surface area (TPSA) is 48.1 Å². The minimum atomic E-state index is -0.327. The molecule has 1 aromatic heterocycles.